The molecular formula is C11H21NO2. The maximum atomic E-state index is 11.4. The summed E-state index contributed by atoms with van der Waals surface area (Å²) >= 11 is 0. The van der Waals surface area contributed by atoms with Gasteiger partial charge < -0.3 is 10.0 Å². The lowest BCUT2D eigenvalue weighted by Gasteiger charge is -2.26. The average Bonchev–Trinajstić information content (AvgIpc) is 2.20. The van der Waals surface area contributed by atoms with Crippen LogP contribution in [0.5, 0.6) is 0 Å². The van der Waals surface area contributed by atoms with Crippen molar-refractivity contribution in [1.82, 2.24) is 4.90 Å². The molecular weight excluding hydrogens is 178 g/mol. The van der Waals surface area contributed by atoms with E-state index in [9.17, 15) is 9.90 Å². The number of aliphatic hydroxyl groups excluding tert-OH is 1. The van der Waals surface area contributed by atoms with Gasteiger partial charge in [-0.2, -0.15) is 0 Å². The monoisotopic (exact) mass is 199 g/mol. The summed E-state index contributed by atoms with van der Waals surface area (Å²) in [6.07, 6.45) is 5.29. The van der Waals surface area contributed by atoms with Crippen LogP contribution >= 0.6 is 0 Å². The summed E-state index contributed by atoms with van der Waals surface area (Å²) in [6.45, 7) is 3.73. The summed E-state index contributed by atoms with van der Waals surface area (Å²) in [7, 11) is 0. The third kappa shape index (κ3) is 3.66. The molecule has 0 saturated carbocycles. The smallest absolute Gasteiger partial charge is 0.222 e. The maximum absolute atomic E-state index is 11.4. The molecule has 1 fully saturated rings. The summed E-state index contributed by atoms with van der Waals surface area (Å²) in [6, 6.07) is 0. The molecule has 0 spiro atoms. The summed E-state index contributed by atoms with van der Waals surface area (Å²) in [5.41, 5.74) is 0. The van der Waals surface area contributed by atoms with Crippen molar-refractivity contribution in [2.24, 2.45) is 0 Å². The van der Waals surface area contributed by atoms with Crippen LogP contribution < -0.4 is 0 Å². The average molecular weight is 199 g/mol. The zero-order valence-electron chi connectivity index (χ0n) is 9.04. The van der Waals surface area contributed by atoms with Crippen LogP contribution in [0.25, 0.3) is 0 Å². The van der Waals surface area contributed by atoms with Crippen LogP contribution in [0.3, 0.4) is 0 Å². The van der Waals surface area contributed by atoms with E-state index in [0.29, 0.717) is 5.91 Å². The largest absolute Gasteiger partial charge is 0.393 e. The molecule has 0 radical (unpaired) electrons. The number of piperidine rings is 1. The molecule has 0 aromatic rings. The minimum Gasteiger partial charge on any atom is -0.393 e. The van der Waals surface area contributed by atoms with Crippen LogP contribution in [0.1, 0.15) is 45.4 Å². The van der Waals surface area contributed by atoms with Crippen molar-refractivity contribution < 1.29 is 9.90 Å². The van der Waals surface area contributed by atoms with Crippen LogP contribution in [0.15, 0.2) is 0 Å². The van der Waals surface area contributed by atoms with E-state index < -0.39 is 0 Å². The minimum absolute atomic E-state index is 0.185. The maximum Gasteiger partial charge on any atom is 0.222 e. The molecule has 1 aliphatic heterocycles. The molecule has 1 heterocycles. The highest BCUT2D eigenvalue weighted by molar-refractivity contribution is 5.76. The van der Waals surface area contributed by atoms with Crippen molar-refractivity contribution in [3.63, 3.8) is 0 Å². The Bertz CT molecular complexity index is 182. The lowest BCUT2D eigenvalue weighted by Crippen LogP contribution is -2.36. The summed E-state index contributed by atoms with van der Waals surface area (Å²) in [4.78, 5) is 13.3. The molecule has 0 aromatic carbocycles. The van der Waals surface area contributed by atoms with Gasteiger partial charge in [-0.15, -0.1) is 0 Å². The van der Waals surface area contributed by atoms with E-state index in [4.69, 9.17) is 0 Å². The van der Waals surface area contributed by atoms with Gasteiger partial charge in [0.15, 0.2) is 0 Å². The fourth-order valence-corrected chi connectivity index (χ4v) is 1.82. The number of hydrogen-bond donors (Lipinski definition) is 1. The molecule has 82 valence electrons. The van der Waals surface area contributed by atoms with Gasteiger partial charge in [0.1, 0.15) is 0 Å². The van der Waals surface area contributed by atoms with E-state index >= 15 is 0 Å². The Balaban J connectivity index is 2.13. The number of aliphatic hydroxyl groups is 1. The van der Waals surface area contributed by atoms with Crippen LogP contribution in [-0.4, -0.2) is 35.1 Å². The van der Waals surface area contributed by atoms with Gasteiger partial charge in [0, 0.05) is 19.5 Å². The van der Waals surface area contributed by atoms with Crippen molar-refractivity contribution in [3.05, 3.63) is 0 Å². The zero-order valence-corrected chi connectivity index (χ0v) is 9.04. The first-order valence-electron chi connectivity index (χ1n) is 5.70. The lowest BCUT2D eigenvalue weighted by molar-refractivity contribution is -0.133. The standard InChI is InChI=1S/C11H21NO2/c1-2-10(13)6-5-9-12-8-4-3-7-11(12)14/h10,13H,2-9H2,1H3. The fourth-order valence-electron chi connectivity index (χ4n) is 1.82. The molecule has 1 N–H and O–H groups in total. The molecule has 0 aromatic heterocycles. The number of nitrogens with zero attached hydrogens (tertiary/aromatic N) is 1. The summed E-state index contributed by atoms with van der Waals surface area (Å²) < 4.78 is 0. The topological polar surface area (TPSA) is 40.5 Å². The van der Waals surface area contributed by atoms with Crippen LogP contribution in [0, 0.1) is 0 Å². The number of amides is 1. The molecule has 1 saturated heterocycles. The van der Waals surface area contributed by atoms with Gasteiger partial charge >= 0.3 is 0 Å². The van der Waals surface area contributed by atoms with Crippen LogP contribution in [-0.2, 0) is 4.79 Å². The number of likely N-dealkylation sites (tertiary alicyclic amines) is 1. The van der Waals surface area contributed by atoms with Gasteiger partial charge in [-0.05, 0) is 32.1 Å². The predicted octanol–water partition coefficient (Wildman–Crippen LogP) is 1.55. The zero-order chi connectivity index (χ0) is 10.4. The molecule has 1 unspecified atom stereocenters. The Morgan fingerprint density at radius 3 is 2.93 bits per heavy atom. The van der Waals surface area contributed by atoms with Crippen molar-refractivity contribution in [2.75, 3.05) is 13.1 Å². The SMILES string of the molecule is CCC(O)CCCN1CCCCC1=O. The number of hydrogen-bond acceptors (Lipinski definition) is 2. The Kier molecular flexibility index (Phi) is 4.94. The highest BCUT2D eigenvalue weighted by atomic mass is 16.3. The van der Waals surface area contributed by atoms with Gasteiger partial charge in [0.05, 0.1) is 6.10 Å². The van der Waals surface area contributed by atoms with E-state index in [1.807, 2.05) is 11.8 Å². The van der Waals surface area contributed by atoms with Crippen molar-refractivity contribution in [1.29, 1.82) is 0 Å². The van der Waals surface area contributed by atoms with E-state index in [1.54, 1.807) is 0 Å². The van der Waals surface area contributed by atoms with E-state index in [2.05, 4.69) is 0 Å². The second-order valence-electron chi connectivity index (χ2n) is 4.04. The van der Waals surface area contributed by atoms with Gasteiger partial charge in [-0.3, -0.25) is 4.79 Å². The van der Waals surface area contributed by atoms with E-state index in [-0.39, 0.29) is 6.10 Å². The Labute approximate surface area is 86.1 Å². The normalized spacial score (nSPS) is 19.9. The molecule has 1 amide bonds. The van der Waals surface area contributed by atoms with Gasteiger partial charge in [-0.25, -0.2) is 0 Å². The van der Waals surface area contributed by atoms with Crippen LogP contribution in [0.2, 0.25) is 0 Å². The first kappa shape index (κ1) is 11.5. The Morgan fingerprint density at radius 1 is 1.50 bits per heavy atom. The number of carbonyl (C=O) groups excluding carboxylic acids is 1. The first-order chi connectivity index (χ1) is 6.74. The lowest BCUT2D eigenvalue weighted by atomic mass is 10.1. The van der Waals surface area contributed by atoms with Gasteiger partial charge in [0.25, 0.3) is 0 Å². The van der Waals surface area contributed by atoms with Gasteiger partial charge in [0.2, 0.25) is 5.91 Å². The van der Waals surface area contributed by atoms with Crippen molar-refractivity contribution in [2.45, 2.75) is 51.6 Å². The second kappa shape index (κ2) is 6.02. The third-order valence-corrected chi connectivity index (χ3v) is 2.86. The molecule has 1 aliphatic rings. The summed E-state index contributed by atoms with van der Waals surface area (Å²) in [5, 5.41) is 9.35. The Hall–Kier alpha value is -0.570. The molecule has 1 rings (SSSR count). The predicted molar refractivity (Wildman–Crippen MR) is 56.0 cm³/mol. The number of rotatable bonds is 5. The van der Waals surface area contributed by atoms with E-state index in [1.165, 1.54) is 0 Å². The third-order valence-electron chi connectivity index (χ3n) is 2.86. The molecule has 14 heavy (non-hydrogen) atoms. The molecule has 1 atom stereocenters. The number of carbonyl (C=O) groups is 1. The molecule has 0 bridgehead atoms. The highest BCUT2D eigenvalue weighted by Crippen LogP contribution is 2.12. The second-order valence-corrected chi connectivity index (χ2v) is 4.04. The van der Waals surface area contributed by atoms with E-state index in [0.717, 1.165) is 51.6 Å². The van der Waals surface area contributed by atoms with Crippen molar-refractivity contribution >= 4 is 5.91 Å². The fraction of sp³-hybridized carbons (Fsp3) is 0.909. The quantitative estimate of drug-likeness (QED) is 0.729. The first-order valence-corrected chi connectivity index (χ1v) is 5.70. The van der Waals surface area contributed by atoms with Crippen LogP contribution in [0.4, 0.5) is 0 Å². The molecule has 3 heteroatoms. The highest BCUT2D eigenvalue weighted by Gasteiger charge is 2.17. The molecule has 0 aliphatic carbocycles. The Morgan fingerprint density at radius 2 is 2.29 bits per heavy atom. The summed E-state index contributed by atoms with van der Waals surface area (Å²) in [5.74, 6) is 0.294. The molecule has 3 nitrogen and oxygen atoms in total. The van der Waals surface area contributed by atoms with Gasteiger partial charge in [-0.1, -0.05) is 6.92 Å². The van der Waals surface area contributed by atoms with Crippen molar-refractivity contribution in [3.8, 4) is 0 Å². The minimum atomic E-state index is -0.185.